The zero-order chi connectivity index (χ0) is 5.21. The van der Waals surface area contributed by atoms with Gasteiger partial charge in [0.15, 0.2) is 0 Å². The first kappa shape index (κ1) is 11.5. The molecular weight excluding hydrogens is 427 g/mol. The second kappa shape index (κ2) is 4.53. The van der Waals surface area contributed by atoms with Gasteiger partial charge in [0, 0.05) is 22.4 Å². The quantitative estimate of drug-likeness (QED) is 0.442. The van der Waals surface area contributed by atoms with Gasteiger partial charge < -0.3 is 0 Å². The third-order valence-electron chi connectivity index (χ3n) is 0.105. The summed E-state index contributed by atoms with van der Waals surface area (Å²) in [4.78, 5) is 0. The van der Waals surface area contributed by atoms with Gasteiger partial charge in [0.05, 0.1) is 0 Å². The second-order valence-corrected chi connectivity index (χ2v) is 3.62. The maximum atomic E-state index is 9.38. The van der Waals surface area contributed by atoms with Crippen LogP contribution in [0.25, 0.3) is 0 Å². The normalized spacial score (nSPS) is 10.1. The van der Waals surface area contributed by atoms with Gasteiger partial charge in [-0.25, -0.2) is 0 Å². The standard InChI is InChI=1S/Nb.H2O4S.U/c;1-5(2,3)4;/h;(H2,1,2,3,4);/q;;+1/p-1. The average molecular weight is 428 g/mol. The molecule has 4 nitrogen and oxygen atoms in total. The minimum absolute atomic E-state index is 0. The molecule has 0 atom stereocenters. The van der Waals surface area contributed by atoms with E-state index in [0.29, 0.717) is 0 Å². The van der Waals surface area contributed by atoms with Crippen LogP contribution in [0, 0.1) is 29.9 Å². The van der Waals surface area contributed by atoms with Crippen molar-refractivity contribution in [2.45, 2.75) is 0 Å². The van der Waals surface area contributed by atoms with E-state index >= 15 is 0 Å². The van der Waals surface area contributed by atoms with Crippen molar-refractivity contribution in [3.63, 3.8) is 0 Å². The molecule has 0 unspecified atom stereocenters. The summed E-state index contributed by atoms with van der Waals surface area (Å²) in [7, 11) is -4.09. The molecule has 0 saturated carbocycles. The van der Waals surface area contributed by atoms with Crippen LogP contribution >= 0.6 is 0 Å². The van der Waals surface area contributed by atoms with Crippen LogP contribution in [0.2, 0.25) is 0 Å². The van der Waals surface area contributed by atoms with E-state index in [1.807, 2.05) is 0 Å². The molecule has 7 heteroatoms. The van der Waals surface area contributed by atoms with Gasteiger partial charge in [-0.3, -0.25) is 0 Å². The maximum Gasteiger partial charge on any atom is 0 e. The Hall–Kier alpha value is 1.66. The molecule has 0 aliphatic rings. The fourth-order valence-corrected chi connectivity index (χ4v) is 0. The topological polar surface area (TPSA) is 63.6 Å². The summed E-state index contributed by atoms with van der Waals surface area (Å²) >= 11 is -0.173. The van der Waals surface area contributed by atoms with Gasteiger partial charge in [0.1, 0.15) is 0 Å². The zero-order valence-corrected chi connectivity index (χ0v) is 10.2. The van der Waals surface area contributed by atoms with E-state index in [9.17, 15) is 8.42 Å². The van der Waals surface area contributed by atoms with Gasteiger partial charge in [0.25, 0.3) is 0 Å². The van der Waals surface area contributed by atoms with Gasteiger partial charge in [0.2, 0.25) is 0 Å². The Morgan fingerprint density at radius 1 is 1.57 bits per heavy atom. The van der Waals surface area contributed by atoms with E-state index in [1.54, 1.807) is 0 Å². The number of rotatable bonds is 1. The van der Waals surface area contributed by atoms with Crippen LogP contribution in [-0.2, 0) is 34.5 Å². The summed E-state index contributed by atoms with van der Waals surface area (Å²) in [6.07, 6.45) is 0. The first-order valence-corrected chi connectivity index (χ1v) is 3.95. The molecule has 0 amide bonds. The SMILES string of the molecule is O=S(=O)(O)[O][U].[Nb]. The summed E-state index contributed by atoms with van der Waals surface area (Å²) in [5.74, 6) is 0. The van der Waals surface area contributed by atoms with Crippen molar-refractivity contribution in [2.75, 3.05) is 0 Å². The smallest absolute Gasteiger partial charge is 0 e. The molecule has 7 heavy (non-hydrogen) atoms. The zero-order valence-electron chi connectivity index (χ0n) is 3.03. The van der Waals surface area contributed by atoms with Crippen LogP contribution < -0.4 is 0 Å². The number of hydrogen-bond donors (Lipinski definition) is 1. The van der Waals surface area contributed by atoms with Crippen molar-refractivity contribution in [1.29, 1.82) is 0 Å². The predicted octanol–water partition coefficient (Wildman–Crippen LogP) is -0.732. The van der Waals surface area contributed by atoms with Gasteiger partial charge in [-0.15, -0.1) is 0 Å². The van der Waals surface area contributed by atoms with Crippen molar-refractivity contribution in [3.05, 3.63) is 0 Å². The third-order valence-corrected chi connectivity index (χ3v) is 2.95. The minimum atomic E-state index is -4.09. The summed E-state index contributed by atoms with van der Waals surface area (Å²) in [6.45, 7) is 0. The maximum absolute atomic E-state index is 9.38. The molecule has 0 aromatic rings. The van der Waals surface area contributed by atoms with E-state index in [0.717, 1.165) is 0 Å². The predicted molar refractivity (Wildman–Crippen MR) is 12.6 cm³/mol. The molecule has 40 valence electrons. The van der Waals surface area contributed by atoms with Gasteiger partial charge in [-0.05, 0) is 0 Å². The number of hydrogen-bond acceptors (Lipinski definition) is 3. The molecule has 0 aliphatic heterocycles. The largest absolute Gasteiger partial charge is 0 e. The van der Waals surface area contributed by atoms with Gasteiger partial charge in [-0.2, -0.15) is 0 Å². The Kier molecular flexibility index (Phi) is 7.42. The molecular formula is HNbO4SU. The van der Waals surface area contributed by atoms with Gasteiger partial charge >= 0.3 is 55.0 Å². The molecule has 0 aromatic heterocycles. The van der Waals surface area contributed by atoms with Crippen LogP contribution in [0.5, 0.6) is 0 Å². The average Bonchev–Trinajstić information content (AvgIpc) is 1.35. The second-order valence-electron chi connectivity index (χ2n) is 0.511. The first-order valence-electron chi connectivity index (χ1n) is 0.887. The molecule has 0 spiro atoms. The van der Waals surface area contributed by atoms with Crippen molar-refractivity contribution < 1.29 is 67.0 Å². The fraction of sp³-hybridized carbons (Fsp3) is 0. The minimum Gasteiger partial charge on any atom is 0 e. The Bertz CT molecular complexity index is 114. The summed E-state index contributed by atoms with van der Waals surface area (Å²) < 4.78 is 30.0. The van der Waals surface area contributed by atoms with Crippen LogP contribution in [0.1, 0.15) is 0 Å². The molecule has 1 N–H and O–H groups in total. The van der Waals surface area contributed by atoms with Crippen molar-refractivity contribution in [1.82, 2.24) is 0 Å². The van der Waals surface area contributed by atoms with Gasteiger partial charge in [-0.1, -0.05) is 0 Å². The third kappa shape index (κ3) is 11.3. The van der Waals surface area contributed by atoms with Crippen molar-refractivity contribution >= 4 is 10.4 Å². The molecule has 0 bridgehead atoms. The first-order chi connectivity index (χ1) is 2.56. The Morgan fingerprint density at radius 2 is 1.71 bits per heavy atom. The summed E-state index contributed by atoms with van der Waals surface area (Å²) in [6, 6.07) is 0. The summed E-state index contributed by atoms with van der Waals surface area (Å²) in [5, 5.41) is 0. The van der Waals surface area contributed by atoms with Crippen LogP contribution in [-0.4, -0.2) is 13.0 Å². The van der Waals surface area contributed by atoms with E-state index in [2.05, 4.69) is 1.69 Å². The molecule has 0 heterocycles. The fourth-order valence-electron chi connectivity index (χ4n) is 0. The summed E-state index contributed by atoms with van der Waals surface area (Å²) in [5.41, 5.74) is 0. The van der Waals surface area contributed by atoms with E-state index < -0.39 is 10.4 Å². The monoisotopic (exact) mass is 428 g/mol. The molecule has 0 aromatic carbocycles. The van der Waals surface area contributed by atoms with Crippen molar-refractivity contribution in [2.24, 2.45) is 0 Å². The van der Waals surface area contributed by atoms with Crippen LogP contribution in [0.15, 0.2) is 0 Å². The van der Waals surface area contributed by atoms with E-state index in [-0.39, 0.29) is 52.3 Å². The van der Waals surface area contributed by atoms with Crippen LogP contribution in [0.4, 0.5) is 0 Å². The van der Waals surface area contributed by atoms with E-state index in [4.69, 9.17) is 4.55 Å². The molecule has 0 saturated heterocycles. The van der Waals surface area contributed by atoms with Crippen molar-refractivity contribution in [3.8, 4) is 0 Å². The van der Waals surface area contributed by atoms with E-state index in [1.165, 1.54) is 0 Å². The molecule has 0 aliphatic carbocycles. The van der Waals surface area contributed by atoms with Crippen LogP contribution in [0.3, 0.4) is 0 Å². The Balaban J connectivity index is 0. The Morgan fingerprint density at radius 3 is 1.71 bits per heavy atom. The molecule has 1 radical (unpaired) electrons. The molecule has 0 fully saturated rings. The molecule has 0 rings (SSSR count). The Labute approximate surface area is 76.5 Å².